The molecule has 1 fully saturated rings. The molecule has 2 aromatic carbocycles. The molecular formula is C23H25N3O4. The zero-order valence-electron chi connectivity index (χ0n) is 17.2. The van der Waals surface area contributed by atoms with Crippen molar-refractivity contribution >= 4 is 23.9 Å². The van der Waals surface area contributed by atoms with Gasteiger partial charge < -0.3 is 19.3 Å². The van der Waals surface area contributed by atoms with Crippen LogP contribution in [0.4, 0.5) is 5.69 Å². The molecule has 7 nitrogen and oxygen atoms in total. The number of carbonyl (C=O) groups excluding carboxylic acids is 2. The molecule has 30 heavy (non-hydrogen) atoms. The molecule has 2 atom stereocenters. The first-order valence-corrected chi connectivity index (χ1v) is 10.00. The van der Waals surface area contributed by atoms with E-state index in [0.717, 1.165) is 35.7 Å². The van der Waals surface area contributed by atoms with Gasteiger partial charge in [-0.1, -0.05) is 30.3 Å². The standard InChI is InChI=1S/C23H25N3O4/c1-25-13-17(21(22(25)27)23(28)29-2)14-30-20-6-4-3-5-19(20)16-7-9-18(10-8-16)26-12-11-24-15-26/h3-10,15,17,21H,11-14H2,1-2H3. The van der Waals surface area contributed by atoms with E-state index >= 15 is 0 Å². The maximum absolute atomic E-state index is 12.3. The minimum absolute atomic E-state index is 0.218. The number of anilines is 1. The normalized spacial score (nSPS) is 20.7. The zero-order chi connectivity index (χ0) is 21.1. The van der Waals surface area contributed by atoms with Gasteiger partial charge >= 0.3 is 5.97 Å². The van der Waals surface area contributed by atoms with Crippen LogP contribution in [-0.4, -0.2) is 63.5 Å². The van der Waals surface area contributed by atoms with Crippen molar-refractivity contribution in [2.75, 3.05) is 45.3 Å². The number of nitrogens with zero attached hydrogens (tertiary/aromatic N) is 3. The van der Waals surface area contributed by atoms with Crippen LogP contribution in [0.1, 0.15) is 0 Å². The van der Waals surface area contributed by atoms with Crippen LogP contribution in [-0.2, 0) is 14.3 Å². The van der Waals surface area contributed by atoms with Crippen LogP contribution in [0.3, 0.4) is 0 Å². The van der Waals surface area contributed by atoms with Crippen LogP contribution >= 0.6 is 0 Å². The van der Waals surface area contributed by atoms with Crippen molar-refractivity contribution in [3.8, 4) is 16.9 Å². The second kappa shape index (κ2) is 8.57. The molecule has 0 radical (unpaired) electrons. The first kappa shape index (κ1) is 19.9. The van der Waals surface area contributed by atoms with E-state index in [4.69, 9.17) is 9.47 Å². The molecule has 4 rings (SSSR count). The Labute approximate surface area is 175 Å². The SMILES string of the molecule is COC(=O)C1C(=O)N(C)CC1COc1ccccc1-c1ccc(N2C=NCC2)cc1. The van der Waals surface area contributed by atoms with E-state index in [-0.39, 0.29) is 18.4 Å². The molecule has 0 N–H and O–H groups in total. The van der Waals surface area contributed by atoms with Gasteiger partial charge in [-0.15, -0.1) is 0 Å². The third-order valence-corrected chi connectivity index (χ3v) is 5.62. The molecule has 0 aromatic heterocycles. The summed E-state index contributed by atoms with van der Waals surface area (Å²) in [4.78, 5) is 32.3. The lowest BCUT2D eigenvalue weighted by Gasteiger charge is -2.18. The number of hydrogen-bond acceptors (Lipinski definition) is 6. The number of methoxy groups -OCH3 is 1. The van der Waals surface area contributed by atoms with Gasteiger partial charge in [0.1, 0.15) is 11.7 Å². The molecule has 2 heterocycles. The highest BCUT2D eigenvalue weighted by Gasteiger charge is 2.44. The second-order valence-corrected chi connectivity index (χ2v) is 7.55. The average molecular weight is 407 g/mol. The molecule has 2 unspecified atom stereocenters. The van der Waals surface area contributed by atoms with Gasteiger partial charge in [0, 0.05) is 37.3 Å². The van der Waals surface area contributed by atoms with E-state index in [1.165, 1.54) is 7.11 Å². The molecule has 1 amide bonds. The number of carbonyl (C=O) groups is 2. The van der Waals surface area contributed by atoms with Crippen LogP contribution in [0.2, 0.25) is 0 Å². The first-order chi connectivity index (χ1) is 14.6. The smallest absolute Gasteiger partial charge is 0.318 e. The molecule has 156 valence electrons. The third kappa shape index (κ3) is 3.87. The van der Waals surface area contributed by atoms with Crippen LogP contribution in [0, 0.1) is 11.8 Å². The molecule has 0 spiro atoms. The number of amides is 1. The van der Waals surface area contributed by atoms with Gasteiger partial charge in [-0.05, 0) is 23.8 Å². The van der Waals surface area contributed by atoms with Crippen molar-refractivity contribution in [3.05, 3.63) is 48.5 Å². The summed E-state index contributed by atoms with van der Waals surface area (Å²) in [6.07, 6.45) is 1.86. The van der Waals surface area contributed by atoms with Crippen LogP contribution in [0.15, 0.2) is 53.5 Å². The Balaban J connectivity index is 1.50. The molecule has 2 aromatic rings. The molecule has 0 bridgehead atoms. The van der Waals surface area contributed by atoms with E-state index in [1.54, 1.807) is 11.9 Å². The monoisotopic (exact) mass is 407 g/mol. The van der Waals surface area contributed by atoms with Crippen molar-refractivity contribution in [1.29, 1.82) is 0 Å². The van der Waals surface area contributed by atoms with Crippen LogP contribution < -0.4 is 9.64 Å². The van der Waals surface area contributed by atoms with Crippen molar-refractivity contribution < 1.29 is 19.1 Å². The topological polar surface area (TPSA) is 71.4 Å². The summed E-state index contributed by atoms with van der Waals surface area (Å²) >= 11 is 0. The summed E-state index contributed by atoms with van der Waals surface area (Å²) in [6.45, 7) is 2.45. The highest BCUT2D eigenvalue weighted by atomic mass is 16.5. The fraction of sp³-hybridized carbons (Fsp3) is 0.348. The highest BCUT2D eigenvalue weighted by Crippen LogP contribution is 2.33. The Morgan fingerprint density at radius 1 is 1.17 bits per heavy atom. The van der Waals surface area contributed by atoms with Crippen molar-refractivity contribution in [2.45, 2.75) is 0 Å². The number of aliphatic imine (C=N–C) groups is 1. The van der Waals surface area contributed by atoms with E-state index in [1.807, 2.05) is 30.6 Å². The number of likely N-dealkylation sites (tertiary alicyclic amines) is 1. The minimum atomic E-state index is -0.812. The molecule has 0 saturated carbocycles. The lowest BCUT2D eigenvalue weighted by Crippen LogP contribution is -2.31. The van der Waals surface area contributed by atoms with Gasteiger partial charge in [-0.25, -0.2) is 0 Å². The van der Waals surface area contributed by atoms with E-state index in [2.05, 4.69) is 34.2 Å². The number of benzene rings is 2. The van der Waals surface area contributed by atoms with Gasteiger partial charge in [0.2, 0.25) is 5.91 Å². The van der Waals surface area contributed by atoms with Crippen molar-refractivity contribution in [2.24, 2.45) is 16.8 Å². The predicted molar refractivity (Wildman–Crippen MR) is 115 cm³/mol. The Hall–Kier alpha value is -3.35. The predicted octanol–water partition coefficient (Wildman–Crippen LogP) is 2.46. The Kier molecular flexibility index (Phi) is 5.70. The third-order valence-electron chi connectivity index (χ3n) is 5.62. The highest BCUT2D eigenvalue weighted by molar-refractivity contribution is 5.99. The zero-order valence-corrected chi connectivity index (χ0v) is 17.2. The van der Waals surface area contributed by atoms with Crippen LogP contribution in [0.5, 0.6) is 5.75 Å². The molecule has 2 aliphatic heterocycles. The minimum Gasteiger partial charge on any atom is -0.493 e. The van der Waals surface area contributed by atoms with Gasteiger partial charge in [0.15, 0.2) is 0 Å². The number of rotatable bonds is 6. The Morgan fingerprint density at radius 2 is 1.93 bits per heavy atom. The molecule has 7 heteroatoms. The summed E-state index contributed by atoms with van der Waals surface area (Å²) in [5.74, 6) is -1.07. The van der Waals surface area contributed by atoms with Gasteiger partial charge in [-0.3, -0.25) is 14.6 Å². The fourth-order valence-electron chi connectivity index (χ4n) is 3.99. The van der Waals surface area contributed by atoms with Gasteiger partial charge in [0.05, 0.1) is 26.6 Å². The average Bonchev–Trinajstić information content (AvgIpc) is 3.41. The molecular weight excluding hydrogens is 382 g/mol. The van der Waals surface area contributed by atoms with Crippen LogP contribution in [0.25, 0.3) is 11.1 Å². The summed E-state index contributed by atoms with van der Waals surface area (Å²) in [5, 5.41) is 0. The fourth-order valence-corrected chi connectivity index (χ4v) is 3.99. The summed E-state index contributed by atoms with van der Waals surface area (Å²) < 4.78 is 10.9. The summed E-state index contributed by atoms with van der Waals surface area (Å²) in [5.41, 5.74) is 3.10. The van der Waals surface area contributed by atoms with Crippen molar-refractivity contribution in [1.82, 2.24) is 4.90 Å². The number of ether oxygens (including phenoxy) is 2. The lowest BCUT2D eigenvalue weighted by molar-refractivity contribution is -0.151. The lowest BCUT2D eigenvalue weighted by atomic mass is 9.96. The van der Waals surface area contributed by atoms with E-state index in [9.17, 15) is 9.59 Å². The molecule has 2 aliphatic rings. The molecule has 1 saturated heterocycles. The summed E-state index contributed by atoms with van der Waals surface area (Å²) in [7, 11) is 3.00. The maximum Gasteiger partial charge on any atom is 0.318 e. The summed E-state index contributed by atoms with van der Waals surface area (Å²) in [6, 6.07) is 16.1. The van der Waals surface area contributed by atoms with Gasteiger partial charge in [-0.2, -0.15) is 0 Å². The Bertz CT molecular complexity index is 957. The van der Waals surface area contributed by atoms with E-state index in [0.29, 0.717) is 6.54 Å². The van der Waals surface area contributed by atoms with Gasteiger partial charge in [0.25, 0.3) is 0 Å². The maximum atomic E-state index is 12.3. The van der Waals surface area contributed by atoms with Crippen molar-refractivity contribution in [3.63, 3.8) is 0 Å². The molecule has 0 aliphatic carbocycles. The second-order valence-electron chi connectivity index (χ2n) is 7.55. The number of hydrogen-bond donors (Lipinski definition) is 0. The van der Waals surface area contributed by atoms with E-state index < -0.39 is 11.9 Å². The number of para-hydroxylation sites is 1. The first-order valence-electron chi connectivity index (χ1n) is 10.00. The quantitative estimate of drug-likeness (QED) is 0.543. The Morgan fingerprint density at radius 3 is 2.63 bits per heavy atom. The number of esters is 1. The largest absolute Gasteiger partial charge is 0.493 e.